The average Bonchev–Trinajstić information content (AvgIpc) is 1.62. The molecular formula is C71H93F2N9O21. The smallest absolute Gasteiger partial charge is 0.338 e. The summed E-state index contributed by atoms with van der Waals surface area (Å²) in [5.74, 6) is -5.72. The molecule has 2 aromatic heterocycles. The van der Waals surface area contributed by atoms with Crippen LogP contribution in [0.2, 0.25) is 0 Å². The Morgan fingerprint density at radius 1 is 0.602 bits per heavy atom. The lowest BCUT2D eigenvalue weighted by atomic mass is 9.75. The Labute approximate surface area is 592 Å². The van der Waals surface area contributed by atoms with Gasteiger partial charge in [0.15, 0.2) is 25.0 Å². The van der Waals surface area contributed by atoms with Crippen molar-refractivity contribution in [1.29, 1.82) is 0 Å². The number of aromatic nitrogens is 6. The van der Waals surface area contributed by atoms with Gasteiger partial charge in [0.1, 0.15) is 96.2 Å². The molecule has 24 atom stereocenters. The van der Waals surface area contributed by atoms with E-state index in [1.807, 2.05) is 6.92 Å². The molecule has 3 saturated carbocycles. The van der Waals surface area contributed by atoms with Crippen LogP contribution in [-0.4, -0.2) is 260 Å². The zero-order valence-electron chi connectivity index (χ0n) is 57.1. The summed E-state index contributed by atoms with van der Waals surface area (Å²) in [5.41, 5.74) is 1.24. The Kier molecular flexibility index (Phi) is 25.1. The van der Waals surface area contributed by atoms with Gasteiger partial charge in [-0.1, -0.05) is 98.3 Å². The van der Waals surface area contributed by atoms with Crippen molar-refractivity contribution in [2.45, 2.75) is 220 Å². The number of amides is 3. The van der Waals surface area contributed by atoms with Crippen molar-refractivity contribution in [3.63, 3.8) is 0 Å². The predicted molar refractivity (Wildman–Crippen MR) is 353 cm³/mol. The van der Waals surface area contributed by atoms with E-state index in [-0.39, 0.29) is 67.5 Å². The highest BCUT2D eigenvalue weighted by Gasteiger charge is 2.56. The van der Waals surface area contributed by atoms with Gasteiger partial charge in [0.2, 0.25) is 11.8 Å². The van der Waals surface area contributed by atoms with Crippen LogP contribution in [0.4, 0.5) is 8.78 Å². The molecule has 0 spiro atoms. The molecule has 0 radical (unpaired) electrons. The number of carbonyl (C=O) groups excluding carboxylic acids is 4. The van der Waals surface area contributed by atoms with Gasteiger partial charge in [-0.3, -0.25) is 14.4 Å². The number of hydrogen-bond acceptors (Lipinski definition) is 25. The highest BCUT2D eigenvalue weighted by atomic mass is 19.1. The van der Waals surface area contributed by atoms with Gasteiger partial charge in [0, 0.05) is 49.1 Å². The maximum atomic E-state index is 14.7. The molecule has 4 aliphatic heterocycles. The maximum absolute atomic E-state index is 14.7. The lowest BCUT2D eigenvalue weighted by Gasteiger charge is -2.49. The largest absolute Gasteiger partial charge is 0.450 e. The van der Waals surface area contributed by atoms with E-state index in [2.05, 4.69) is 31.3 Å². The minimum Gasteiger partial charge on any atom is -0.450 e. The normalized spacial score (nSPS) is 34.6. The number of ether oxygens (including phenoxy) is 8. The van der Waals surface area contributed by atoms with Gasteiger partial charge < -0.3 is 99.4 Å². The van der Waals surface area contributed by atoms with E-state index in [4.69, 9.17) is 37.9 Å². The van der Waals surface area contributed by atoms with E-state index in [0.29, 0.717) is 37.1 Å². The fourth-order valence-corrected chi connectivity index (χ4v) is 15.3. The predicted octanol–water partition coefficient (Wildman–Crippen LogP) is 1.39. The van der Waals surface area contributed by atoms with Crippen LogP contribution in [0, 0.1) is 35.3 Å². The van der Waals surface area contributed by atoms with Crippen molar-refractivity contribution in [2.75, 3.05) is 39.4 Å². The van der Waals surface area contributed by atoms with Crippen molar-refractivity contribution < 1.29 is 112 Å². The molecule has 3 aromatic carbocycles. The van der Waals surface area contributed by atoms with Crippen molar-refractivity contribution in [1.82, 2.24) is 45.5 Å². The summed E-state index contributed by atoms with van der Waals surface area (Å²) < 4.78 is 82.4. The summed E-state index contributed by atoms with van der Waals surface area (Å²) >= 11 is 0. The lowest BCUT2D eigenvalue weighted by Crippen LogP contribution is -2.64. The molecule has 32 heteroatoms. The molecule has 5 aromatic rings. The fourth-order valence-electron chi connectivity index (χ4n) is 15.3. The third kappa shape index (κ3) is 17.3. The topological polar surface area (TPSA) is 413 Å². The Bertz CT molecular complexity index is 3630. The van der Waals surface area contributed by atoms with Gasteiger partial charge in [0.05, 0.1) is 61.6 Å². The van der Waals surface area contributed by atoms with Gasteiger partial charge in [-0.15, -0.1) is 10.2 Å². The summed E-state index contributed by atoms with van der Waals surface area (Å²) in [7, 11) is 0. The van der Waals surface area contributed by atoms with E-state index < -0.39 is 189 Å². The molecule has 30 nitrogen and oxygen atoms in total. The van der Waals surface area contributed by atoms with Crippen LogP contribution in [-0.2, 0) is 52.3 Å². The molecule has 3 aliphatic carbocycles. The number of hydrogen-bond donors (Lipinski definition) is 11. The number of aliphatic hydroxyl groups excluding tert-OH is 9. The number of benzene rings is 3. The summed E-state index contributed by atoms with van der Waals surface area (Å²) in [6.07, 6.45) is -19.7. The van der Waals surface area contributed by atoms with E-state index in [0.717, 1.165) is 43.2 Å². The van der Waals surface area contributed by atoms with Crippen LogP contribution in [0.1, 0.15) is 113 Å². The number of rotatable bonds is 25. The first-order valence-electron chi connectivity index (χ1n) is 35.7. The van der Waals surface area contributed by atoms with Crippen molar-refractivity contribution >= 4 is 23.7 Å². The quantitative estimate of drug-likeness (QED) is 0.0290. The summed E-state index contributed by atoms with van der Waals surface area (Å²) in [6, 6.07) is 16.7. The molecule has 562 valence electrons. The first kappa shape index (κ1) is 75.7. The number of carbonyl (C=O) groups is 4. The van der Waals surface area contributed by atoms with Crippen molar-refractivity contribution in [3.8, 4) is 22.5 Å². The Hall–Kier alpha value is -6.96. The van der Waals surface area contributed by atoms with Crippen LogP contribution in [0.15, 0.2) is 91.3 Å². The van der Waals surface area contributed by atoms with Crippen LogP contribution in [0.5, 0.6) is 0 Å². The zero-order chi connectivity index (χ0) is 72.8. The first-order valence-corrected chi connectivity index (χ1v) is 35.7. The number of likely N-dealkylation sites (tertiary alicyclic amines) is 1. The number of halogens is 2. The summed E-state index contributed by atoms with van der Waals surface area (Å²) in [6.45, 7) is 2.47. The number of nitrogens with one attached hydrogen (secondary N) is 2. The highest BCUT2D eigenvalue weighted by molar-refractivity contribution is 5.89. The van der Waals surface area contributed by atoms with E-state index in [1.165, 1.54) is 72.5 Å². The lowest BCUT2D eigenvalue weighted by molar-refractivity contribution is -0.349. The third-order valence-corrected chi connectivity index (χ3v) is 21.3. The van der Waals surface area contributed by atoms with Gasteiger partial charge in [0.25, 0.3) is 5.91 Å². The molecule has 6 heterocycles. The maximum Gasteiger partial charge on any atom is 0.338 e. The molecule has 3 amide bonds. The van der Waals surface area contributed by atoms with Crippen LogP contribution >= 0.6 is 0 Å². The molecular weight excluding hydrogens is 1350 g/mol. The number of esters is 1. The average molecular weight is 1450 g/mol. The fraction of sp³-hybridized carbons (Fsp3) is 0.634. The highest BCUT2D eigenvalue weighted by Crippen LogP contribution is 2.43. The minimum absolute atomic E-state index is 0.0756. The molecule has 7 aliphatic rings. The second-order valence-electron chi connectivity index (χ2n) is 28.1. The Morgan fingerprint density at radius 3 is 1.82 bits per heavy atom. The molecule has 15 unspecified atom stereocenters. The second kappa shape index (κ2) is 34.1. The molecule has 11 N–H and O–H groups in total. The Balaban J connectivity index is 0.775. The minimum atomic E-state index is -1.77. The van der Waals surface area contributed by atoms with Crippen LogP contribution < -0.4 is 10.6 Å². The first-order chi connectivity index (χ1) is 49.7. The van der Waals surface area contributed by atoms with Crippen molar-refractivity contribution in [2.24, 2.45) is 23.7 Å². The van der Waals surface area contributed by atoms with Crippen molar-refractivity contribution in [3.05, 3.63) is 108 Å². The molecule has 7 fully saturated rings. The number of aliphatic hydroxyl groups is 9. The van der Waals surface area contributed by atoms with E-state index in [1.54, 1.807) is 35.2 Å². The zero-order valence-corrected chi connectivity index (χ0v) is 57.1. The van der Waals surface area contributed by atoms with E-state index >= 15 is 0 Å². The SMILES string of the molecule is CCC1CC(C(=O)NCCNC(=O)C2CC(n3cc(-c4cccc(F)c4)nn3)C(O)[C@H](O[C@@H]3OC(CO)[C@H](O)C(n4cc(-c5cccc(F)c5)nn4)C3O)C2)C[C@@H](O[C@@H]2OC(CO)[C@H](O)C(O[C@@H](CC3CCCCC3)C(=O)N3CCC3)C2OC(=O)c2ccccc2)C1O[C@@H]1OC(C)[C@@H](O)C(O)C1O. The van der Waals surface area contributed by atoms with Crippen LogP contribution in [0.3, 0.4) is 0 Å². The van der Waals surface area contributed by atoms with Crippen LogP contribution in [0.25, 0.3) is 22.5 Å². The molecule has 4 saturated heterocycles. The van der Waals surface area contributed by atoms with Gasteiger partial charge in [-0.05, 0) is 93.7 Å². The molecule has 0 bridgehead atoms. The molecule has 103 heavy (non-hydrogen) atoms. The van der Waals surface area contributed by atoms with Gasteiger partial charge in [-0.2, -0.15) is 0 Å². The third-order valence-electron chi connectivity index (χ3n) is 21.3. The Morgan fingerprint density at radius 2 is 1.19 bits per heavy atom. The monoisotopic (exact) mass is 1450 g/mol. The molecule has 12 rings (SSSR count). The summed E-state index contributed by atoms with van der Waals surface area (Å²) in [5, 5.41) is 125. The van der Waals surface area contributed by atoms with Gasteiger partial charge >= 0.3 is 5.97 Å². The standard InChI is InChI=1S/C71H93F2N9O21/c1-3-38-26-42(31-50(62(38)103-70-61(91)60(90)55(85)36(2)96-70)99-71-64(102-68(95)39-15-8-5-9-16-39)63(58(88)53(35-84)101-71)97-51(67(94)80-23-12-24-80)25-37-13-6-4-7-14-37)65(92)74-21-22-75-66(93)43-29-48(81-32-46(76-78-81)40-17-10-19-44(72)27-40)56(86)49(30-43)98-69-59(89)54(57(87)52(34-83)100-69)82-33-47(77-79-82)41-18-11-20-45(73)28-41/h5,8-11,15-20,27-28,32-33,36-38,42-43,48-64,69-71,83-91H,3-4,6-7,12-14,21-26,29-31,34-35H2,1-2H3,(H,74,92)(H,75,93)/t36?,38?,42?,43?,48?,49-,50-,51+,52?,53?,54?,55-,56?,57+,58+,59?,60?,61?,62?,63?,64?,69-,70+,71-/m1/s1. The summed E-state index contributed by atoms with van der Waals surface area (Å²) in [4.78, 5) is 59.7. The van der Waals surface area contributed by atoms with E-state index in [9.17, 15) is 73.9 Å². The van der Waals surface area contributed by atoms with Gasteiger partial charge in [-0.25, -0.2) is 22.9 Å². The second-order valence-corrected chi connectivity index (χ2v) is 28.1. The number of nitrogens with zero attached hydrogens (tertiary/aromatic N) is 7.